The van der Waals surface area contributed by atoms with E-state index in [-0.39, 0.29) is 21.7 Å². The van der Waals surface area contributed by atoms with Gasteiger partial charge in [-0.3, -0.25) is 4.79 Å². The molecule has 1 aromatic carbocycles. The Balaban J connectivity index is 2.62. The molecule has 0 radical (unpaired) electrons. The largest absolute Gasteiger partial charge is 0.480 e. The fourth-order valence-electron chi connectivity index (χ4n) is 1.90. The molecule has 2 aromatic rings. The lowest BCUT2D eigenvalue weighted by Crippen LogP contribution is -2.38. The van der Waals surface area contributed by atoms with E-state index in [1.807, 2.05) is 4.72 Å². The zero-order valence-corrected chi connectivity index (χ0v) is 14.0. The first-order valence-electron chi connectivity index (χ1n) is 6.55. The molecule has 2 rings (SSSR count). The number of aromatic nitrogens is 1. The molecule has 0 unspecified atom stereocenters. The van der Waals surface area contributed by atoms with Gasteiger partial charge in [-0.25, -0.2) is 13.4 Å². The third-order valence-electron chi connectivity index (χ3n) is 3.04. The molecule has 0 aliphatic carbocycles. The number of nitrogens with two attached hydrogens (primary N) is 2. The van der Waals surface area contributed by atoms with Crippen LogP contribution in [0.1, 0.15) is 6.92 Å². The molecule has 128 valence electrons. The van der Waals surface area contributed by atoms with Crippen molar-refractivity contribution in [3.8, 4) is 0 Å². The van der Waals surface area contributed by atoms with E-state index in [0.717, 1.165) is 0 Å². The van der Waals surface area contributed by atoms with Crippen LogP contribution in [0.3, 0.4) is 0 Å². The molecule has 0 aliphatic rings. The summed E-state index contributed by atoms with van der Waals surface area (Å²) >= 11 is 6.04. The summed E-state index contributed by atoms with van der Waals surface area (Å²) in [5.74, 6) is -1.46. The van der Waals surface area contributed by atoms with Crippen LogP contribution < -0.4 is 16.2 Å². The van der Waals surface area contributed by atoms with Crippen LogP contribution >= 0.6 is 11.6 Å². The van der Waals surface area contributed by atoms with Crippen LogP contribution in [0.25, 0.3) is 10.8 Å². The van der Waals surface area contributed by atoms with E-state index in [1.165, 1.54) is 31.3 Å². The predicted octanol–water partition coefficient (Wildman–Crippen LogP) is 0.544. The highest BCUT2D eigenvalue weighted by molar-refractivity contribution is 7.89. The van der Waals surface area contributed by atoms with Crippen molar-refractivity contribution >= 4 is 50.1 Å². The summed E-state index contributed by atoms with van der Waals surface area (Å²) in [6.45, 7) is 1.21. The van der Waals surface area contributed by atoms with Crippen LogP contribution in [0.2, 0.25) is 5.02 Å². The third-order valence-corrected chi connectivity index (χ3v) is 4.88. The minimum absolute atomic E-state index is 0.0951. The number of carboxylic acid groups (broad SMARTS) is 1. The maximum atomic E-state index is 12.3. The van der Waals surface area contributed by atoms with Crippen LogP contribution in [0.15, 0.2) is 34.3 Å². The number of sulfonamides is 1. The van der Waals surface area contributed by atoms with E-state index in [2.05, 4.69) is 9.98 Å². The van der Waals surface area contributed by atoms with Crippen molar-refractivity contribution in [2.24, 2.45) is 16.5 Å². The van der Waals surface area contributed by atoms with Gasteiger partial charge in [-0.1, -0.05) is 17.7 Å². The first-order chi connectivity index (χ1) is 11.1. The lowest BCUT2D eigenvalue weighted by atomic mass is 10.1. The number of benzene rings is 1. The molecule has 11 heteroatoms. The van der Waals surface area contributed by atoms with Gasteiger partial charge in [0.05, 0.1) is 9.92 Å². The van der Waals surface area contributed by atoms with Gasteiger partial charge >= 0.3 is 5.97 Å². The summed E-state index contributed by atoms with van der Waals surface area (Å²) in [5.41, 5.74) is 10.7. The minimum Gasteiger partial charge on any atom is -0.480 e. The van der Waals surface area contributed by atoms with Gasteiger partial charge in [-0.2, -0.15) is 9.71 Å². The second-order valence-electron chi connectivity index (χ2n) is 4.86. The van der Waals surface area contributed by atoms with Crippen LogP contribution in [-0.2, 0) is 14.8 Å². The van der Waals surface area contributed by atoms with E-state index in [4.69, 9.17) is 28.2 Å². The normalized spacial score (nSPS) is 12.8. The van der Waals surface area contributed by atoms with Crippen molar-refractivity contribution in [1.82, 2.24) is 9.71 Å². The summed E-state index contributed by atoms with van der Waals surface area (Å²) < 4.78 is 26.6. The van der Waals surface area contributed by atoms with Crippen molar-refractivity contribution in [3.05, 3.63) is 29.4 Å². The van der Waals surface area contributed by atoms with Crippen molar-refractivity contribution < 1.29 is 18.3 Å². The summed E-state index contributed by atoms with van der Waals surface area (Å²) in [6.07, 6.45) is 1.34. The molecule has 0 aliphatic heterocycles. The highest BCUT2D eigenvalue weighted by atomic mass is 35.5. The van der Waals surface area contributed by atoms with Gasteiger partial charge in [0.25, 0.3) is 0 Å². The Morgan fingerprint density at radius 1 is 1.38 bits per heavy atom. The Labute approximate surface area is 142 Å². The molecule has 0 saturated heterocycles. The summed E-state index contributed by atoms with van der Waals surface area (Å²) in [6, 6.07) is 2.74. The Morgan fingerprint density at radius 3 is 2.62 bits per heavy atom. The van der Waals surface area contributed by atoms with Crippen molar-refractivity contribution in [3.63, 3.8) is 0 Å². The number of aliphatic carboxylic acids is 1. The van der Waals surface area contributed by atoms with E-state index in [0.29, 0.717) is 10.8 Å². The zero-order chi connectivity index (χ0) is 18.1. The second-order valence-corrected chi connectivity index (χ2v) is 6.98. The lowest BCUT2D eigenvalue weighted by molar-refractivity contribution is -0.138. The first kappa shape index (κ1) is 17.9. The summed E-state index contributed by atoms with van der Waals surface area (Å²) in [5, 5.41) is 9.94. The average Bonchev–Trinajstić information content (AvgIpc) is 2.49. The average molecular weight is 372 g/mol. The van der Waals surface area contributed by atoms with Crippen molar-refractivity contribution in [2.45, 2.75) is 17.9 Å². The van der Waals surface area contributed by atoms with Gasteiger partial charge in [0, 0.05) is 17.0 Å². The van der Waals surface area contributed by atoms with Gasteiger partial charge in [0.15, 0.2) is 11.8 Å². The maximum absolute atomic E-state index is 12.3. The van der Waals surface area contributed by atoms with E-state index in [9.17, 15) is 13.2 Å². The van der Waals surface area contributed by atoms with E-state index >= 15 is 0 Å². The lowest BCUT2D eigenvalue weighted by Gasteiger charge is -2.11. The molecule has 0 fully saturated rings. The Hall–Kier alpha value is -2.43. The summed E-state index contributed by atoms with van der Waals surface area (Å²) in [7, 11) is -4.07. The number of nitrogens with zero attached hydrogens (tertiary/aromatic N) is 2. The van der Waals surface area contributed by atoms with Crippen molar-refractivity contribution in [1.29, 1.82) is 0 Å². The molecule has 9 nitrogen and oxygen atoms in total. The molecule has 24 heavy (non-hydrogen) atoms. The van der Waals surface area contributed by atoms with E-state index < -0.39 is 22.0 Å². The number of guanidine groups is 1. The number of hydrogen-bond acceptors (Lipinski definition) is 5. The molecule has 1 aromatic heterocycles. The number of carbonyl (C=O) groups is 1. The number of nitrogens with one attached hydrogen (secondary N) is 1. The zero-order valence-electron chi connectivity index (χ0n) is 12.4. The molecule has 0 saturated carbocycles. The number of hydrogen-bond donors (Lipinski definition) is 4. The molecule has 6 N–H and O–H groups in total. The quantitative estimate of drug-likeness (QED) is 0.440. The van der Waals surface area contributed by atoms with Crippen molar-refractivity contribution in [2.75, 3.05) is 0 Å². The van der Waals surface area contributed by atoms with Crippen LogP contribution in [0.5, 0.6) is 0 Å². The molecule has 1 heterocycles. The Bertz CT molecular complexity index is 941. The molecule has 0 bridgehead atoms. The van der Waals surface area contributed by atoms with Crippen LogP contribution in [-0.4, -0.2) is 36.5 Å². The molecule has 0 amide bonds. The fourth-order valence-corrected chi connectivity index (χ4v) is 3.34. The van der Waals surface area contributed by atoms with Crippen LogP contribution in [0.4, 0.5) is 5.82 Å². The van der Waals surface area contributed by atoms with Gasteiger partial charge < -0.3 is 16.6 Å². The smallest absolute Gasteiger partial charge is 0.321 e. The van der Waals surface area contributed by atoms with Gasteiger partial charge in [-0.15, -0.1) is 0 Å². The number of aliphatic imine (C=N–C) groups is 1. The minimum atomic E-state index is -4.07. The molecule has 0 spiro atoms. The molecular formula is C13H14ClN5O4S. The Kier molecular flexibility index (Phi) is 4.92. The number of pyridine rings is 1. The Morgan fingerprint density at radius 2 is 2.04 bits per heavy atom. The topological polar surface area (TPSA) is 161 Å². The standard InChI is InChI=1S/C13H14ClN5O4S/c1-6(12(20)21)19-24(22,23)7-2-3-8-9(4-7)11(18-13(15)16)17-5-10(8)14/h2-6,19H,1H3,(H,20,21)(H4,15,16,17,18)/t6-/m1/s1. The van der Waals surface area contributed by atoms with Crippen LogP contribution in [0, 0.1) is 0 Å². The summed E-state index contributed by atoms with van der Waals surface area (Å²) in [4.78, 5) is 18.5. The third kappa shape index (κ3) is 3.72. The highest BCUT2D eigenvalue weighted by Crippen LogP contribution is 2.31. The number of fused-ring (bicyclic) bond motifs is 1. The monoisotopic (exact) mass is 371 g/mol. The number of rotatable bonds is 5. The first-order valence-corrected chi connectivity index (χ1v) is 8.41. The van der Waals surface area contributed by atoms with Gasteiger partial charge in [0.2, 0.25) is 10.0 Å². The second kappa shape index (κ2) is 6.59. The molecule has 1 atom stereocenters. The van der Waals surface area contributed by atoms with E-state index in [1.54, 1.807) is 0 Å². The van der Waals surface area contributed by atoms with Gasteiger partial charge in [0.1, 0.15) is 6.04 Å². The predicted molar refractivity (Wildman–Crippen MR) is 89.6 cm³/mol. The fraction of sp³-hybridized carbons (Fsp3) is 0.154. The number of halogens is 1. The number of carboxylic acids is 1. The maximum Gasteiger partial charge on any atom is 0.321 e. The molecular weight excluding hydrogens is 358 g/mol. The van der Waals surface area contributed by atoms with Gasteiger partial charge in [-0.05, 0) is 19.1 Å². The highest BCUT2D eigenvalue weighted by Gasteiger charge is 2.22. The SMILES string of the molecule is C[C@@H](NS(=O)(=O)c1ccc2c(Cl)cnc(N=C(N)N)c2c1)C(=O)O.